The molecular weight excluding hydrogens is 316 g/mol. The third-order valence-corrected chi connectivity index (χ3v) is 4.45. The Morgan fingerprint density at radius 1 is 1.23 bits per heavy atom. The van der Waals surface area contributed by atoms with E-state index in [2.05, 4.69) is 10.3 Å². The maximum Gasteiger partial charge on any atom is 0.250 e. The van der Waals surface area contributed by atoms with Crippen molar-refractivity contribution in [2.45, 2.75) is 6.92 Å². The van der Waals surface area contributed by atoms with Gasteiger partial charge in [-0.1, -0.05) is 53.3 Å². The lowest BCUT2D eigenvalue weighted by Gasteiger charge is -1.97. The molecule has 0 saturated heterocycles. The fourth-order valence-electron chi connectivity index (χ4n) is 2.06. The molecule has 22 heavy (non-hydrogen) atoms. The van der Waals surface area contributed by atoms with Crippen LogP contribution in [0, 0.1) is 6.92 Å². The molecule has 3 rings (SSSR count). The monoisotopic (exact) mass is 328 g/mol. The van der Waals surface area contributed by atoms with Crippen LogP contribution in [0.25, 0.3) is 16.3 Å². The number of carbonyl (C=O) groups excluding carboxylic acids is 1. The summed E-state index contributed by atoms with van der Waals surface area (Å²) in [6.07, 6.45) is 3.15. The molecule has 1 amide bonds. The highest BCUT2D eigenvalue weighted by Gasteiger charge is 2.07. The van der Waals surface area contributed by atoms with E-state index in [1.807, 2.05) is 43.3 Å². The zero-order valence-corrected chi connectivity index (χ0v) is 13.4. The number of fused-ring (bicyclic) bond motifs is 1. The highest BCUT2D eigenvalue weighted by molar-refractivity contribution is 7.22. The molecule has 0 aliphatic rings. The number of thiazole rings is 1. The van der Waals surface area contributed by atoms with Gasteiger partial charge in [-0.15, -0.1) is 0 Å². The van der Waals surface area contributed by atoms with Crippen LogP contribution >= 0.6 is 22.9 Å². The highest BCUT2D eigenvalue weighted by atomic mass is 35.5. The van der Waals surface area contributed by atoms with Crippen molar-refractivity contribution in [2.24, 2.45) is 0 Å². The van der Waals surface area contributed by atoms with E-state index < -0.39 is 0 Å². The SMILES string of the molecule is Cc1cccc2sc(NC(=O)C=Cc3ccccc3Cl)nc12. The fraction of sp³-hybridized carbons (Fsp3) is 0.0588. The largest absolute Gasteiger partial charge is 0.298 e. The third-order valence-electron chi connectivity index (χ3n) is 3.17. The summed E-state index contributed by atoms with van der Waals surface area (Å²) in [6, 6.07) is 13.4. The number of amides is 1. The quantitative estimate of drug-likeness (QED) is 0.694. The van der Waals surface area contributed by atoms with Gasteiger partial charge in [0.25, 0.3) is 0 Å². The van der Waals surface area contributed by atoms with Gasteiger partial charge in [0, 0.05) is 11.1 Å². The predicted octanol–water partition coefficient (Wildman–Crippen LogP) is 4.91. The average molecular weight is 329 g/mol. The lowest BCUT2D eigenvalue weighted by atomic mass is 10.2. The lowest BCUT2D eigenvalue weighted by Crippen LogP contribution is -2.07. The Hall–Kier alpha value is -2.17. The summed E-state index contributed by atoms with van der Waals surface area (Å²) >= 11 is 7.51. The van der Waals surface area contributed by atoms with Crippen molar-refractivity contribution in [1.82, 2.24) is 4.98 Å². The van der Waals surface area contributed by atoms with Crippen molar-refractivity contribution in [3.63, 3.8) is 0 Å². The molecule has 3 nitrogen and oxygen atoms in total. The minimum atomic E-state index is -0.225. The van der Waals surface area contributed by atoms with E-state index >= 15 is 0 Å². The second-order valence-electron chi connectivity index (χ2n) is 4.78. The minimum Gasteiger partial charge on any atom is -0.298 e. The summed E-state index contributed by atoms with van der Waals surface area (Å²) in [5.41, 5.74) is 2.83. The summed E-state index contributed by atoms with van der Waals surface area (Å²) < 4.78 is 1.06. The molecule has 0 unspecified atom stereocenters. The van der Waals surface area contributed by atoms with E-state index in [-0.39, 0.29) is 5.91 Å². The molecule has 0 aliphatic heterocycles. The minimum absolute atomic E-state index is 0.225. The Labute approximate surface area is 137 Å². The van der Waals surface area contributed by atoms with Crippen molar-refractivity contribution in [3.05, 3.63) is 64.7 Å². The average Bonchev–Trinajstić information content (AvgIpc) is 2.90. The molecule has 0 saturated carbocycles. The van der Waals surface area contributed by atoms with Gasteiger partial charge in [0.1, 0.15) is 0 Å². The van der Waals surface area contributed by atoms with Gasteiger partial charge in [-0.05, 0) is 36.3 Å². The van der Waals surface area contributed by atoms with Crippen LogP contribution in [-0.2, 0) is 4.79 Å². The molecule has 5 heteroatoms. The van der Waals surface area contributed by atoms with Gasteiger partial charge < -0.3 is 0 Å². The number of carbonyl (C=O) groups is 1. The van der Waals surface area contributed by atoms with Crippen molar-refractivity contribution < 1.29 is 4.79 Å². The lowest BCUT2D eigenvalue weighted by molar-refractivity contribution is -0.111. The second-order valence-corrected chi connectivity index (χ2v) is 6.22. The topological polar surface area (TPSA) is 42.0 Å². The van der Waals surface area contributed by atoms with Gasteiger partial charge in [0.2, 0.25) is 5.91 Å². The van der Waals surface area contributed by atoms with E-state index in [0.29, 0.717) is 10.2 Å². The van der Waals surface area contributed by atoms with Crippen molar-refractivity contribution in [2.75, 3.05) is 5.32 Å². The standard InChI is InChI=1S/C17H13ClN2OS/c1-11-5-4-8-14-16(11)20-17(22-14)19-15(21)10-9-12-6-2-3-7-13(12)18/h2-10H,1H3,(H,19,20,21). The Morgan fingerprint density at radius 3 is 2.82 bits per heavy atom. The van der Waals surface area contributed by atoms with Gasteiger partial charge in [-0.3, -0.25) is 10.1 Å². The summed E-state index contributed by atoms with van der Waals surface area (Å²) in [6.45, 7) is 2.00. The molecule has 3 aromatic rings. The molecule has 0 fully saturated rings. The number of aromatic nitrogens is 1. The number of aryl methyl sites for hydroxylation is 1. The predicted molar refractivity (Wildman–Crippen MR) is 93.5 cm³/mol. The van der Waals surface area contributed by atoms with Crippen molar-refractivity contribution in [3.8, 4) is 0 Å². The van der Waals surface area contributed by atoms with E-state index in [1.165, 1.54) is 17.4 Å². The number of para-hydroxylation sites is 1. The summed E-state index contributed by atoms with van der Waals surface area (Å²) in [7, 11) is 0. The molecule has 110 valence electrons. The van der Waals surface area contributed by atoms with Crippen molar-refractivity contribution >= 4 is 50.3 Å². The fourth-order valence-corrected chi connectivity index (χ4v) is 3.21. The summed E-state index contributed by atoms with van der Waals surface area (Å²) in [4.78, 5) is 16.4. The molecular formula is C17H13ClN2OS. The number of nitrogens with one attached hydrogen (secondary N) is 1. The number of benzene rings is 2. The van der Waals surface area contributed by atoms with Crippen LogP contribution < -0.4 is 5.32 Å². The van der Waals surface area contributed by atoms with Crippen LogP contribution in [0.1, 0.15) is 11.1 Å². The smallest absolute Gasteiger partial charge is 0.250 e. The Morgan fingerprint density at radius 2 is 2.05 bits per heavy atom. The van der Waals surface area contributed by atoms with Crippen LogP contribution in [0.5, 0.6) is 0 Å². The van der Waals surface area contributed by atoms with Crippen LogP contribution in [0.4, 0.5) is 5.13 Å². The van der Waals surface area contributed by atoms with E-state index in [4.69, 9.17) is 11.6 Å². The number of rotatable bonds is 3. The van der Waals surface area contributed by atoms with Gasteiger partial charge >= 0.3 is 0 Å². The number of anilines is 1. The Bertz CT molecular complexity index is 870. The third kappa shape index (κ3) is 3.18. The first-order valence-electron chi connectivity index (χ1n) is 6.73. The van der Waals surface area contributed by atoms with Gasteiger partial charge in [-0.25, -0.2) is 4.98 Å². The summed E-state index contributed by atoms with van der Waals surface area (Å²) in [5.74, 6) is -0.225. The molecule has 1 N–H and O–H groups in total. The van der Waals surface area contributed by atoms with Crippen LogP contribution in [-0.4, -0.2) is 10.9 Å². The van der Waals surface area contributed by atoms with Crippen LogP contribution in [0.15, 0.2) is 48.5 Å². The maximum atomic E-state index is 12.0. The van der Waals surface area contributed by atoms with E-state index in [1.54, 1.807) is 12.1 Å². The first kappa shape index (κ1) is 14.8. The number of hydrogen-bond donors (Lipinski definition) is 1. The maximum absolute atomic E-state index is 12.0. The molecule has 0 radical (unpaired) electrons. The molecule has 2 aromatic carbocycles. The number of nitrogens with zero attached hydrogens (tertiary/aromatic N) is 1. The molecule has 1 aromatic heterocycles. The Balaban J connectivity index is 1.76. The van der Waals surface area contributed by atoms with Crippen LogP contribution in [0.3, 0.4) is 0 Å². The van der Waals surface area contributed by atoms with E-state index in [0.717, 1.165) is 21.3 Å². The highest BCUT2D eigenvalue weighted by Crippen LogP contribution is 2.27. The van der Waals surface area contributed by atoms with Gasteiger partial charge in [0.15, 0.2) is 5.13 Å². The van der Waals surface area contributed by atoms with Gasteiger partial charge in [0.05, 0.1) is 10.2 Å². The first-order chi connectivity index (χ1) is 10.6. The van der Waals surface area contributed by atoms with Crippen molar-refractivity contribution in [1.29, 1.82) is 0 Å². The number of hydrogen-bond acceptors (Lipinski definition) is 3. The second kappa shape index (κ2) is 6.30. The zero-order valence-electron chi connectivity index (χ0n) is 11.8. The van der Waals surface area contributed by atoms with E-state index in [9.17, 15) is 4.79 Å². The molecule has 0 spiro atoms. The van der Waals surface area contributed by atoms with Crippen LogP contribution in [0.2, 0.25) is 5.02 Å². The molecule has 1 heterocycles. The molecule has 0 aliphatic carbocycles. The molecule has 0 atom stereocenters. The van der Waals surface area contributed by atoms with Gasteiger partial charge in [-0.2, -0.15) is 0 Å². The Kier molecular flexibility index (Phi) is 4.22. The normalized spacial score (nSPS) is 11.2. The first-order valence-corrected chi connectivity index (χ1v) is 7.93. The number of halogens is 1. The molecule has 0 bridgehead atoms. The zero-order chi connectivity index (χ0) is 15.5. The summed E-state index contributed by atoms with van der Waals surface area (Å²) in [5, 5.41) is 4.00.